The smallest absolute Gasteiger partial charge is 0.297 e. The molecule has 0 aromatic heterocycles. The standard InChI is InChI=1S/C31H48O4S/c1-21-7-10-25(11-8-21)36(33,34)35-24-15-17-30(3)23(20-24)9-12-26-28-14-13-27(22(2)6-5-19-32)31(28,4)18-16-29(26)30/h7-8,10-11,22-24,26-29,32H,5-6,9,12-20H2,1-4H3/t22-,23?,24?,26+,27-,28+,29+,30+,31-/m1/s1. The van der Waals surface area contributed by atoms with E-state index in [0.717, 1.165) is 61.3 Å². The molecule has 5 rings (SSSR count). The van der Waals surface area contributed by atoms with Gasteiger partial charge in [-0.05, 0) is 136 Å². The first kappa shape index (κ1) is 26.7. The van der Waals surface area contributed by atoms with Gasteiger partial charge in [0.25, 0.3) is 10.1 Å². The van der Waals surface area contributed by atoms with Crippen LogP contribution in [0.3, 0.4) is 0 Å². The second-order valence-corrected chi connectivity index (χ2v) is 15.1. The van der Waals surface area contributed by atoms with Crippen molar-refractivity contribution in [1.29, 1.82) is 0 Å². The molecular formula is C31H48O4S. The van der Waals surface area contributed by atoms with Crippen molar-refractivity contribution in [2.45, 2.75) is 109 Å². The van der Waals surface area contributed by atoms with Gasteiger partial charge in [-0.1, -0.05) is 38.5 Å². The number of hydrogen-bond donors (Lipinski definition) is 1. The van der Waals surface area contributed by atoms with Gasteiger partial charge in [-0.15, -0.1) is 0 Å². The third kappa shape index (κ3) is 4.60. The number of benzene rings is 1. The van der Waals surface area contributed by atoms with E-state index in [1.54, 1.807) is 12.1 Å². The van der Waals surface area contributed by atoms with E-state index in [0.29, 0.717) is 29.3 Å². The Kier molecular flexibility index (Phi) is 7.41. The number of fused-ring (bicyclic) bond motifs is 5. The summed E-state index contributed by atoms with van der Waals surface area (Å²) >= 11 is 0. The van der Waals surface area contributed by atoms with Gasteiger partial charge in [-0.2, -0.15) is 8.42 Å². The Balaban J connectivity index is 1.26. The second-order valence-electron chi connectivity index (χ2n) is 13.5. The Bertz CT molecular complexity index is 1020. The van der Waals surface area contributed by atoms with Crippen LogP contribution in [0.25, 0.3) is 0 Å². The topological polar surface area (TPSA) is 63.6 Å². The molecule has 0 aliphatic heterocycles. The fourth-order valence-corrected chi connectivity index (χ4v) is 10.9. The maximum atomic E-state index is 13.0. The third-order valence-corrected chi connectivity index (χ3v) is 13.1. The molecule has 1 aromatic carbocycles. The van der Waals surface area contributed by atoms with Crippen LogP contribution in [-0.4, -0.2) is 26.2 Å². The Hall–Kier alpha value is -0.910. The molecule has 0 bridgehead atoms. The predicted molar refractivity (Wildman–Crippen MR) is 144 cm³/mol. The summed E-state index contributed by atoms with van der Waals surface area (Å²) < 4.78 is 31.8. The first-order valence-corrected chi connectivity index (χ1v) is 16.1. The van der Waals surface area contributed by atoms with Crippen LogP contribution >= 0.6 is 0 Å². The Morgan fingerprint density at radius 1 is 0.972 bits per heavy atom. The molecule has 0 radical (unpaired) electrons. The highest BCUT2D eigenvalue weighted by atomic mass is 32.2. The number of rotatable bonds is 7. The quantitative estimate of drug-likeness (QED) is 0.391. The van der Waals surface area contributed by atoms with Crippen LogP contribution in [0.1, 0.15) is 97.0 Å². The van der Waals surface area contributed by atoms with E-state index in [4.69, 9.17) is 4.18 Å². The molecule has 0 amide bonds. The van der Waals surface area contributed by atoms with E-state index < -0.39 is 10.1 Å². The van der Waals surface area contributed by atoms with Crippen LogP contribution in [0.4, 0.5) is 0 Å². The molecule has 0 heterocycles. The minimum absolute atomic E-state index is 0.192. The average molecular weight is 517 g/mol. The summed E-state index contributed by atoms with van der Waals surface area (Å²) in [6, 6.07) is 7.02. The summed E-state index contributed by atoms with van der Waals surface area (Å²) in [6.45, 7) is 9.87. The van der Waals surface area contributed by atoms with Crippen molar-refractivity contribution >= 4 is 10.1 Å². The van der Waals surface area contributed by atoms with Crippen molar-refractivity contribution in [2.24, 2.45) is 46.3 Å². The molecule has 4 nitrogen and oxygen atoms in total. The fourth-order valence-electron chi connectivity index (χ4n) is 9.84. The van der Waals surface area contributed by atoms with Crippen molar-refractivity contribution < 1.29 is 17.7 Å². The summed E-state index contributed by atoms with van der Waals surface area (Å²) in [4.78, 5) is 0.278. The average Bonchev–Trinajstić information content (AvgIpc) is 3.20. The zero-order chi connectivity index (χ0) is 25.7. The van der Waals surface area contributed by atoms with Crippen molar-refractivity contribution in [3.8, 4) is 0 Å². The summed E-state index contributed by atoms with van der Waals surface area (Å²) in [6.07, 6.45) is 12.7. The van der Waals surface area contributed by atoms with Gasteiger partial charge in [0.15, 0.2) is 0 Å². The van der Waals surface area contributed by atoms with E-state index in [-0.39, 0.29) is 11.0 Å². The minimum Gasteiger partial charge on any atom is -0.396 e. The summed E-state index contributed by atoms with van der Waals surface area (Å²) in [5.74, 6) is 4.52. The summed E-state index contributed by atoms with van der Waals surface area (Å²) in [5.41, 5.74) is 1.83. The first-order valence-electron chi connectivity index (χ1n) is 14.7. The molecule has 1 aromatic rings. The molecule has 4 aliphatic carbocycles. The van der Waals surface area contributed by atoms with Gasteiger partial charge in [0.05, 0.1) is 11.0 Å². The van der Waals surface area contributed by atoms with Gasteiger partial charge in [-0.25, -0.2) is 0 Å². The van der Waals surface area contributed by atoms with Crippen molar-refractivity contribution in [1.82, 2.24) is 0 Å². The number of aryl methyl sites for hydroxylation is 1. The minimum atomic E-state index is -3.71. The second kappa shape index (κ2) is 10.0. The lowest BCUT2D eigenvalue weighted by molar-refractivity contribution is -0.126. The summed E-state index contributed by atoms with van der Waals surface area (Å²) in [5, 5.41) is 9.35. The van der Waals surface area contributed by atoms with Gasteiger partial charge in [0.2, 0.25) is 0 Å². The highest BCUT2D eigenvalue weighted by molar-refractivity contribution is 7.86. The van der Waals surface area contributed by atoms with E-state index in [1.807, 2.05) is 19.1 Å². The lowest BCUT2D eigenvalue weighted by atomic mass is 9.44. The van der Waals surface area contributed by atoms with Gasteiger partial charge in [-0.3, -0.25) is 4.18 Å². The molecule has 202 valence electrons. The highest BCUT2D eigenvalue weighted by Gasteiger charge is 2.60. The van der Waals surface area contributed by atoms with Crippen LogP contribution in [-0.2, 0) is 14.3 Å². The van der Waals surface area contributed by atoms with Crippen molar-refractivity contribution in [2.75, 3.05) is 6.61 Å². The number of aliphatic hydroxyl groups excluding tert-OH is 1. The molecule has 4 fully saturated rings. The zero-order valence-electron chi connectivity index (χ0n) is 22.9. The van der Waals surface area contributed by atoms with Crippen LogP contribution in [0.2, 0.25) is 0 Å². The van der Waals surface area contributed by atoms with Crippen molar-refractivity contribution in [3.63, 3.8) is 0 Å². The van der Waals surface area contributed by atoms with Gasteiger partial charge in [0.1, 0.15) is 0 Å². The molecule has 36 heavy (non-hydrogen) atoms. The zero-order valence-corrected chi connectivity index (χ0v) is 23.7. The van der Waals surface area contributed by atoms with E-state index >= 15 is 0 Å². The first-order chi connectivity index (χ1) is 17.1. The highest BCUT2D eigenvalue weighted by Crippen LogP contribution is 2.68. The van der Waals surface area contributed by atoms with E-state index in [1.165, 1.54) is 38.5 Å². The van der Waals surface area contributed by atoms with E-state index in [2.05, 4.69) is 20.8 Å². The number of aliphatic hydroxyl groups is 1. The lowest BCUT2D eigenvalue weighted by Crippen LogP contribution is -2.54. The predicted octanol–water partition coefficient (Wildman–Crippen LogP) is 7.14. The van der Waals surface area contributed by atoms with Crippen LogP contribution in [0, 0.1) is 53.3 Å². The Morgan fingerprint density at radius 3 is 2.39 bits per heavy atom. The van der Waals surface area contributed by atoms with Gasteiger partial charge >= 0.3 is 0 Å². The van der Waals surface area contributed by atoms with Gasteiger partial charge < -0.3 is 5.11 Å². The van der Waals surface area contributed by atoms with Crippen LogP contribution < -0.4 is 0 Å². The van der Waals surface area contributed by atoms with E-state index in [9.17, 15) is 13.5 Å². The molecule has 5 heteroatoms. The van der Waals surface area contributed by atoms with Crippen LogP contribution in [0.5, 0.6) is 0 Å². The monoisotopic (exact) mass is 516 g/mol. The molecule has 4 saturated carbocycles. The summed E-state index contributed by atoms with van der Waals surface area (Å²) in [7, 11) is -3.71. The largest absolute Gasteiger partial charge is 0.396 e. The van der Waals surface area contributed by atoms with Gasteiger partial charge in [0, 0.05) is 6.61 Å². The molecule has 4 aliphatic rings. The Labute approximate surface area is 219 Å². The Morgan fingerprint density at radius 2 is 1.67 bits per heavy atom. The normalized spacial score (nSPS) is 41.2. The molecule has 2 unspecified atom stereocenters. The third-order valence-electron chi connectivity index (χ3n) is 11.8. The molecular weight excluding hydrogens is 468 g/mol. The molecule has 0 spiro atoms. The number of hydrogen-bond acceptors (Lipinski definition) is 4. The van der Waals surface area contributed by atoms with Crippen LogP contribution in [0.15, 0.2) is 29.2 Å². The fraction of sp³-hybridized carbons (Fsp3) is 0.806. The van der Waals surface area contributed by atoms with Crippen molar-refractivity contribution in [3.05, 3.63) is 29.8 Å². The maximum absolute atomic E-state index is 13.0. The molecule has 9 atom stereocenters. The maximum Gasteiger partial charge on any atom is 0.297 e. The molecule has 1 N–H and O–H groups in total. The molecule has 0 saturated heterocycles. The SMILES string of the molecule is Cc1ccc(S(=O)(=O)OC2CC[C@@]3(C)C(CC[C@H]4[C@@H]5CC[C@H]([C@H](C)CCCO)[C@@]5(C)CC[C@@H]43)C2)cc1. The lowest BCUT2D eigenvalue weighted by Gasteiger charge is -2.61.